The van der Waals surface area contributed by atoms with Crippen LogP contribution in [0.5, 0.6) is 0 Å². The lowest BCUT2D eigenvalue weighted by atomic mass is 10.0. The van der Waals surface area contributed by atoms with Gasteiger partial charge in [0.2, 0.25) is 5.91 Å². The number of benzene rings is 1. The van der Waals surface area contributed by atoms with E-state index in [0.29, 0.717) is 18.8 Å². The lowest BCUT2D eigenvalue weighted by Gasteiger charge is -2.34. The van der Waals surface area contributed by atoms with Crippen LogP contribution < -0.4 is 0 Å². The van der Waals surface area contributed by atoms with Crippen LogP contribution in [0.4, 0.5) is 4.39 Å². The van der Waals surface area contributed by atoms with E-state index < -0.39 is 0 Å². The van der Waals surface area contributed by atoms with Crippen molar-refractivity contribution in [2.45, 2.75) is 45.7 Å². The van der Waals surface area contributed by atoms with Crippen molar-refractivity contribution in [1.29, 1.82) is 0 Å². The number of hydrogen-bond acceptors (Lipinski definition) is 4. The van der Waals surface area contributed by atoms with Gasteiger partial charge in [-0.2, -0.15) is 0 Å². The van der Waals surface area contributed by atoms with Crippen LogP contribution >= 0.6 is 0 Å². The second-order valence-electron chi connectivity index (χ2n) is 7.80. The van der Waals surface area contributed by atoms with Crippen molar-refractivity contribution in [3.8, 4) is 0 Å². The van der Waals surface area contributed by atoms with Gasteiger partial charge in [0.25, 0.3) is 0 Å². The third-order valence-electron chi connectivity index (χ3n) is 5.38. The normalized spacial score (nSPS) is 18.3. The number of rotatable bonds is 6. The lowest BCUT2D eigenvalue weighted by Crippen LogP contribution is -2.45. The molecule has 1 aliphatic rings. The molecule has 0 bridgehead atoms. The van der Waals surface area contributed by atoms with Gasteiger partial charge in [0.05, 0.1) is 5.69 Å². The summed E-state index contributed by atoms with van der Waals surface area (Å²) in [4.78, 5) is 25.6. The SMILES string of the molecule is CC(C)[C@H]1CN(C(=O)CCc2cnccn2)CCCN1Cc1ccc(F)cc1. The third-order valence-corrected chi connectivity index (χ3v) is 5.38. The molecule has 1 fully saturated rings. The molecule has 0 spiro atoms. The molecular weight excluding hydrogens is 355 g/mol. The molecule has 1 aromatic carbocycles. The first-order valence-electron chi connectivity index (χ1n) is 10.0. The molecule has 2 heterocycles. The molecule has 1 aromatic heterocycles. The zero-order valence-electron chi connectivity index (χ0n) is 16.7. The van der Waals surface area contributed by atoms with Crippen LogP contribution in [0.1, 0.15) is 37.9 Å². The van der Waals surface area contributed by atoms with E-state index in [0.717, 1.165) is 43.9 Å². The van der Waals surface area contributed by atoms with Gasteiger partial charge in [-0.05, 0) is 36.5 Å². The summed E-state index contributed by atoms with van der Waals surface area (Å²) in [5.41, 5.74) is 1.96. The molecule has 5 nitrogen and oxygen atoms in total. The van der Waals surface area contributed by atoms with Crippen molar-refractivity contribution in [2.24, 2.45) is 5.92 Å². The van der Waals surface area contributed by atoms with Gasteiger partial charge in [-0.3, -0.25) is 19.7 Å². The Balaban J connectivity index is 1.62. The van der Waals surface area contributed by atoms with E-state index >= 15 is 0 Å². The van der Waals surface area contributed by atoms with E-state index in [9.17, 15) is 9.18 Å². The number of hydrogen-bond donors (Lipinski definition) is 0. The Morgan fingerprint density at radius 2 is 2.00 bits per heavy atom. The number of nitrogens with zero attached hydrogens (tertiary/aromatic N) is 4. The van der Waals surface area contributed by atoms with E-state index in [-0.39, 0.29) is 17.8 Å². The Hall–Kier alpha value is -2.34. The van der Waals surface area contributed by atoms with Crippen molar-refractivity contribution >= 4 is 5.91 Å². The first-order chi connectivity index (χ1) is 13.5. The fourth-order valence-electron chi connectivity index (χ4n) is 3.79. The summed E-state index contributed by atoms with van der Waals surface area (Å²) in [5, 5.41) is 0. The number of aryl methyl sites for hydroxylation is 1. The first-order valence-corrected chi connectivity index (χ1v) is 10.0. The van der Waals surface area contributed by atoms with E-state index in [1.54, 1.807) is 18.6 Å². The fraction of sp³-hybridized carbons (Fsp3) is 0.500. The van der Waals surface area contributed by atoms with E-state index in [1.807, 2.05) is 17.0 Å². The van der Waals surface area contributed by atoms with Crippen LogP contribution in [-0.2, 0) is 17.8 Å². The maximum Gasteiger partial charge on any atom is 0.223 e. The summed E-state index contributed by atoms with van der Waals surface area (Å²) in [6.45, 7) is 7.64. The maximum atomic E-state index is 13.2. The van der Waals surface area contributed by atoms with Crippen molar-refractivity contribution in [3.05, 3.63) is 59.9 Å². The van der Waals surface area contributed by atoms with Gasteiger partial charge in [-0.1, -0.05) is 26.0 Å². The average Bonchev–Trinajstić information content (AvgIpc) is 2.91. The number of halogens is 1. The number of aromatic nitrogens is 2. The van der Waals surface area contributed by atoms with Crippen molar-refractivity contribution in [1.82, 2.24) is 19.8 Å². The van der Waals surface area contributed by atoms with Gasteiger partial charge in [0.15, 0.2) is 0 Å². The minimum atomic E-state index is -0.208. The lowest BCUT2D eigenvalue weighted by molar-refractivity contribution is -0.131. The number of carbonyl (C=O) groups excluding carboxylic acids is 1. The Bertz CT molecular complexity index is 751. The maximum absolute atomic E-state index is 13.2. The summed E-state index contributed by atoms with van der Waals surface area (Å²) in [6.07, 6.45) is 7.05. The molecule has 0 radical (unpaired) electrons. The minimum Gasteiger partial charge on any atom is -0.341 e. The summed E-state index contributed by atoms with van der Waals surface area (Å²) in [5.74, 6) is 0.397. The molecule has 150 valence electrons. The molecule has 1 atom stereocenters. The molecule has 1 aliphatic heterocycles. The highest BCUT2D eigenvalue weighted by molar-refractivity contribution is 5.76. The third kappa shape index (κ3) is 5.58. The van der Waals surface area contributed by atoms with Crippen LogP contribution in [0.15, 0.2) is 42.9 Å². The summed E-state index contributed by atoms with van der Waals surface area (Å²) in [6, 6.07) is 7.01. The minimum absolute atomic E-state index is 0.180. The highest BCUT2D eigenvalue weighted by atomic mass is 19.1. The molecule has 0 aliphatic carbocycles. The topological polar surface area (TPSA) is 49.3 Å². The summed E-state index contributed by atoms with van der Waals surface area (Å²) in [7, 11) is 0. The van der Waals surface area contributed by atoms with Gasteiger partial charge in [-0.15, -0.1) is 0 Å². The Morgan fingerprint density at radius 3 is 2.68 bits per heavy atom. The highest BCUT2D eigenvalue weighted by Crippen LogP contribution is 2.21. The number of carbonyl (C=O) groups is 1. The molecule has 0 unspecified atom stereocenters. The van der Waals surface area contributed by atoms with Crippen LogP contribution in [0.3, 0.4) is 0 Å². The molecule has 6 heteroatoms. The largest absolute Gasteiger partial charge is 0.341 e. The Morgan fingerprint density at radius 1 is 1.21 bits per heavy atom. The quantitative estimate of drug-likeness (QED) is 0.767. The van der Waals surface area contributed by atoms with Crippen LogP contribution in [-0.4, -0.2) is 51.4 Å². The molecular formula is C22H29FN4O. The van der Waals surface area contributed by atoms with E-state index in [1.165, 1.54) is 12.1 Å². The smallest absolute Gasteiger partial charge is 0.223 e. The van der Waals surface area contributed by atoms with Gasteiger partial charge < -0.3 is 4.90 Å². The molecule has 0 saturated carbocycles. The zero-order valence-corrected chi connectivity index (χ0v) is 16.7. The molecule has 1 amide bonds. The summed E-state index contributed by atoms with van der Waals surface area (Å²) < 4.78 is 13.2. The average molecular weight is 384 g/mol. The predicted octanol–water partition coefficient (Wildman–Crippen LogP) is 3.31. The monoisotopic (exact) mass is 384 g/mol. The van der Waals surface area contributed by atoms with Gasteiger partial charge in [-0.25, -0.2) is 4.39 Å². The Labute approximate surface area is 166 Å². The van der Waals surface area contributed by atoms with E-state index in [4.69, 9.17) is 0 Å². The molecule has 1 saturated heterocycles. The van der Waals surface area contributed by atoms with Crippen molar-refractivity contribution in [2.75, 3.05) is 19.6 Å². The van der Waals surface area contributed by atoms with Crippen LogP contribution in [0.2, 0.25) is 0 Å². The summed E-state index contributed by atoms with van der Waals surface area (Å²) >= 11 is 0. The Kier molecular flexibility index (Phi) is 7.09. The molecule has 28 heavy (non-hydrogen) atoms. The highest BCUT2D eigenvalue weighted by Gasteiger charge is 2.29. The molecule has 0 N–H and O–H groups in total. The van der Waals surface area contributed by atoms with Gasteiger partial charge in [0, 0.05) is 57.2 Å². The van der Waals surface area contributed by atoms with E-state index in [2.05, 4.69) is 28.7 Å². The first kappa shape index (κ1) is 20.4. The van der Waals surface area contributed by atoms with Crippen LogP contribution in [0, 0.1) is 11.7 Å². The van der Waals surface area contributed by atoms with Crippen molar-refractivity contribution in [3.63, 3.8) is 0 Å². The predicted molar refractivity (Wildman–Crippen MR) is 107 cm³/mol. The molecule has 3 rings (SSSR count). The van der Waals surface area contributed by atoms with Gasteiger partial charge in [0.1, 0.15) is 5.82 Å². The standard InChI is InChI=1S/C22H29FN4O/c1-17(2)21-16-27(22(28)9-8-20-14-24-10-11-25-20)13-3-12-26(21)15-18-4-6-19(23)7-5-18/h4-7,10-11,14,17,21H,3,8-9,12-13,15-16H2,1-2H3/t21-/m1/s1. The second-order valence-corrected chi connectivity index (χ2v) is 7.80. The zero-order chi connectivity index (χ0) is 19.9. The second kappa shape index (κ2) is 9.73. The van der Waals surface area contributed by atoms with Crippen molar-refractivity contribution < 1.29 is 9.18 Å². The number of amides is 1. The van der Waals surface area contributed by atoms with Gasteiger partial charge >= 0.3 is 0 Å². The molecule has 2 aromatic rings. The fourth-order valence-corrected chi connectivity index (χ4v) is 3.79. The van der Waals surface area contributed by atoms with Crippen LogP contribution in [0.25, 0.3) is 0 Å².